The molecule has 1 unspecified atom stereocenters. The fourth-order valence-corrected chi connectivity index (χ4v) is 4.66. The summed E-state index contributed by atoms with van der Waals surface area (Å²) in [5.41, 5.74) is 4.39. The minimum absolute atomic E-state index is 0.0669. The lowest BCUT2D eigenvalue weighted by Gasteiger charge is -2.27. The Labute approximate surface area is 123 Å². The van der Waals surface area contributed by atoms with Crippen LogP contribution in [-0.4, -0.2) is 0 Å². The van der Waals surface area contributed by atoms with Crippen LogP contribution in [0, 0.1) is 0 Å². The van der Waals surface area contributed by atoms with Gasteiger partial charge in [0.15, 0.2) is 0 Å². The summed E-state index contributed by atoms with van der Waals surface area (Å²) in [6.45, 7) is 2.37. The van der Waals surface area contributed by atoms with Crippen molar-refractivity contribution in [2.24, 2.45) is 0 Å². The van der Waals surface area contributed by atoms with E-state index in [1.54, 1.807) is 0 Å². The second-order valence-electron chi connectivity index (χ2n) is 5.51. The summed E-state index contributed by atoms with van der Waals surface area (Å²) in [5.74, 6) is 1.11. The van der Waals surface area contributed by atoms with Crippen LogP contribution >= 0.6 is 11.8 Å². The van der Waals surface area contributed by atoms with Crippen molar-refractivity contribution in [2.45, 2.75) is 17.4 Å². The molecule has 98 valence electrons. The highest BCUT2D eigenvalue weighted by molar-refractivity contribution is 8.00. The van der Waals surface area contributed by atoms with Crippen LogP contribution < -0.4 is 0 Å². The Balaban J connectivity index is 2.01. The highest BCUT2D eigenvalue weighted by Gasteiger charge is 2.37. The molecule has 0 amide bonds. The molecule has 3 aromatic rings. The lowest BCUT2D eigenvalue weighted by atomic mass is 9.86. The SMILES string of the molecule is CC1(c2cccc3ccccc23)SCc2ccccc21. The summed E-state index contributed by atoms with van der Waals surface area (Å²) in [6.07, 6.45) is 0. The molecule has 0 fully saturated rings. The Morgan fingerprint density at radius 2 is 1.50 bits per heavy atom. The molecule has 3 aromatic carbocycles. The molecule has 0 radical (unpaired) electrons. The lowest BCUT2D eigenvalue weighted by molar-refractivity contribution is 0.860. The van der Waals surface area contributed by atoms with Crippen molar-refractivity contribution < 1.29 is 0 Å². The average Bonchev–Trinajstić information content (AvgIpc) is 2.86. The lowest BCUT2D eigenvalue weighted by Crippen LogP contribution is -2.16. The summed E-state index contributed by atoms with van der Waals surface area (Å²) < 4.78 is 0.0669. The van der Waals surface area contributed by atoms with Crippen LogP contribution in [0.3, 0.4) is 0 Å². The van der Waals surface area contributed by atoms with Crippen LogP contribution in [0.1, 0.15) is 23.6 Å². The van der Waals surface area contributed by atoms with E-state index in [1.165, 1.54) is 27.5 Å². The second-order valence-corrected chi connectivity index (χ2v) is 6.90. The number of hydrogen-bond donors (Lipinski definition) is 0. The van der Waals surface area contributed by atoms with E-state index in [0.717, 1.165) is 5.75 Å². The van der Waals surface area contributed by atoms with Gasteiger partial charge in [-0.15, -0.1) is 11.8 Å². The zero-order valence-electron chi connectivity index (χ0n) is 11.5. The van der Waals surface area contributed by atoms with Crippen LogP contribution in [0.5, 0.6) is 0 Å². The van der Waals surface area contributed by atoms with E-state index >= 15 is 0 Å². The molecular weight excluding hydrogens is 260 g/mol. The van der Waals surface area contributed by atoms with Gasteiger partial charge in [0.2, 0.25) is 0 Å². The normalized spacial score (nSPS) is 21.1. The van der Waals surface area contributed by atoms with E-state index in [0.29, 0.717) is 0 Å². The first-order valence-electron chi connectivity index (χ1n) is 7.00. The van der Waals surface area contributed by atoms with Crippen molar-refractivity contribution >= 4 is 22.5 Å². The fraction of sp³-hybridized carbons (Fsp3) is 0.158. The first-order chi connectivity index (χ1) is 9.79. The Morgan fingerprint density at radius 3 is 2.45 bits per heavy atom. The quantitative estimate of drug-likeness (QED) is 0.577. The predicted molar refractivity (Wildman–Crippen MR) is 88.1 cm³/mol. The summed E-state index contributed by atoms with van der Waals surface area (Å²) in [4.78, 5) is 0. The maximum absolute atomic E-state index is 2.37. The maximum Gasteiger partial charge on any atom is 0.0641 e. The molecule has 0 saturated carbocycles. The Morgan fingerprint density at radius 1 is 0.800 bits per heavy atom. The van der Waals surface area contributed by atoms with Gasteiger partial charge in [-0.3, -0.25) is 0 Å². The van der Waals surface area contributed by atoms with E-state index in [9.17, 15) is 0 Å². The van der Waals surface area contributed by atoms with Gasteiger partial charge in [-0.05, 0) is 34.4 Å². The Kier molecular flexibility index (Phi) is 2.64. The molecule has 1 aliphatic heterocycles. The fourth-order valence-electron chi connectivity index (χ4n) is 3.28. The molecule has 1 heterocycles. The van der Waals surface area contributed by atoms with E-state index in [2.05, 4.69) is 73.7 Å². The average molecular weight is 276 g/mol. The number of fused-ring (bicyclic) bond motifs is 2. The third-order valence-corrected chi connectivity index (χ3v) is 5.82. The highest BCUT2D eigenvalue weighted by Crippen LogP contribution is 2.52. The third-order valence-electron chi connectivity index (χ3n) is 4.35. The first kappa shape index (κ1) is 12.0. The molecule has 1 aliphatic rings. The van der Waals surface area contributed by atoms with Gasteiger partial charge < -0.3 is 0 Å². The van der Waals surface area contributed by atoms with Crippen LogP contribution in [-0.2, 0) is 10.5 Å². The zero-order chi connectivity index (χ0) is 13.6. The number of thioether (sulfide) groups is 1. The van der Waals surface area contributed by atoms with Gasteiger partial charge in [0.05, 0.1) is 4.75 Å². The predicted octanol–water partition coefficient (Wildman–Crippen LogP) is 5.35. The number of rotatable bonds is 1. The molecule has 4 rings (SSSR count). The molecule has 20 heavy (non-hydrogen) atoms. The molecule has 0 N–H and O–H groups in total. The molecular formula is C19H16S. The topological polar surface area (TPSA) is 0 Å². The molecule has 0 bridgehead atoms. The molecule has 0 nitrogen and oxygen atoms in total. The summed E-state index contributed by atoms with van der Waals surface area (Å²) >= 11 is 2.04. The van der Waals surface area contributed by atoms with Crippen molar-refractivity contribution in [2.75, 3.05) is 0 Å². The summed E-state index contributed by atoms with van der Waals surface area (Å²) in [5, 5.41) is 2.71. The molecule has 1 atom stereocenters. The molecule has 0 spiro atoms. The Hall–Kier alpha value is -1.73. The van der Waals surface area contributed by atoms with Gasteiger partial charge in [-0.2, -0.15) is 0 Å². The minimum atomic E-state index is 0.0669. The number of benzene rings is 3. The second kappa shape index (κ2) is 4.39. The van der Waals surface area contributed by atoms with Crippen molar-refractivity contribution in [1.82, 2.24) is 0 Å². The van der Waals surface area contributed by atoms with Crippen LogP contribution in [0.2, 0.25) is 0 Å². The van der Waals surface area contributed by atoms with Crippen molar-refractivity contribution in [3.05, 3.63) is 83.4 Å². The third kappa shape index (κ3) is 1.63. The maximum atomic E-state index is 2.37. The van der Waals surface area contributed by atoms with Gasteiger partial charge in [-0.25, -0.2) is 0 Å². The van der Waals surface area contributed by atoms with Gasteiger partial charge in [-0.1, -0.05) is 66.7 Å². The van der Waals surface area contributed by atoms with Crippen LogP contribution in [0.15, 0.2) is 66.7 Å². The van der Waals surface area contributed by atoms with Crippen molar-refractivity contribution in [1.29, 1.82) is 0 Å². The van der Waals surface area contributed by atoms with E-state index in [1.807, 2.05) is 11.8 Å². The van der Waals surface area contributed by atoms with Crippen LogP contribution in [0.4, 0.5) is 0 Å². The van der Waals surface area contributed by atoms with Gasteiger partial charge in [0.25, 0.3) is 0 Å². The van der Waals surface area contributed by atoms with Crippen molar-refractivity contribution in [3.8, 4) is 0 Å². The standard InChI is InChI=1S/C19H16S/c1-19(17-11-5-3-8-15(17)13-20-19)18-12-6-9-14-7-2-4-10-16(14)18/h2-12H,13H2,1H3. The van der Waals surface area contributed by atoms with Gasteiger partial charge >= 0.3 is 0 Å². The van der Waals surface area contributed by atoms with Gasteiger partial charge in [0.1, 0.15) is 0 Å². The highest BCUT2D eigenvalue weighted by atomic mass is 32.2. The van der Waals surface area contributed by atoms with E-state index < -0.39 is 0 Å². The minimum Gasteiger partial charge on any atom is -0.141 e. The van der Waals surface area contributed by atoms with E-state index in [-0.39, 0.29) is 4.75 Å². The number of hydrogen-bond acceptors (Lipinski definition) is 1. The molecule has 0 saturated heterocycles. The molecule has 0 aliphatic carbocycles. The van der Waals surface area contributed by atoms with E-state index in [4.69, 9.17) is 0 Å². The molecule has 1 heteroatoms. The first-order valence-corrected chi connectivity index (χ1v) is 7.98. The Bertz CT molecular complexity index is 785. The summed E-state index contributed by atoms with van der Waals surface area (Å²) in [7, 11) is 0. The van der Waals surface area contributed by atoms with Crippen LogP contribution in [0.25, 0.3) is 10.8 Å². The smallest absolute Gasteiger partial charge is 0.0641 e. The monoisotopic (exact) mass is 276 g/mol. The zero-order valence-corrected chi connectivity index (χ0v) is 12.3. The van der Waals surface area contributed by atoms with Crippen molar-refractivity contribution in [3.63, 3.8) is 0 Å². The van der Waals surface area contributed by atoms with Gasteiger partial charge in [0, 0.05) is 5.75 Å². The summed E-state index contributed by atoms with van der Waals surface area (Å²) in [6, 6.07) is 24.2. The largest absolute Gasteiger partial charge is 0.141 e. The molecule has 0 aromatic heterocycles.